The van der Waals surface area contributed by atoms with Crippen LogP contribution in [0.15, 0.2) is 17.6 Å². The van der Waals surface area contributed by atoms with E-state index in [-0.39, 0.29) is 29.2 Å². The lowest BCUT2D eigenvalue weighted by molar-refractivity contribution is -0.119. The van der Waals surface area contributed by atoms with Gasteiger partial charge in [0.2, 0.25) is 5.91 Å². The quantitative estimate of drug-likeness (QED) is 0.791. The van der Waals surface area contributed by atoms with Gasteiger partial charge in [0.15, 0.2) is 15.0 Å². The second-order valence-corrected chi connectivity index (χ2v) is 7.62. The molecule has 1 unspecified atom stereocenters. The number of carbonyl (C=O) groups is 1. The van der Waals surface area contributed by atoms with Crippen molar-refractivity contribution in [2.75, 3.05) is 17.3 Å². The Morgan fingerprint density at radius 1 is 1.63 bits per heavy atom. The molecule has 1 amide bonds. The number of hydrogen-bond acceptors (Lipinski definition) is 5. The number of thioether (sulfide) groups is 1. The molecule has 2 rings (SSSR count). The van der Waals surface area contributed by atoms with Crippen LogP contribution in [0.3, 0.4) is 0 Å². The van der Waals surface area contributed by atoms with E-state index in [0.717, 1.165) is 11.7 Å². The Hall–Kier alpha value is -1.02. The molecule has 0 radical (unpaired) electrons. The molecule has 106 valence electrons. The highest BCUT2D eigenvalue weighted by atomic mass is 32.2. The van der Waals surface area contributed by atoms with Crippen LogP contribution in [0.2, 0.25) is 0 Å². The van der Waals surface area contributed by atoms with Gasteiger partial charge in [-0.3, -0.25) is 4.79 Å². The van der Waals surface area contributed by atoms with E-state index in [2.05, 4.69) is 10.3 Å². The summed E-state index contributed by atoms with van der Waals surface area (Å²) in [6.07, 6.45) is 4.08. The van der Waals surface area contributed by atoms with E-state index in [4.69, 9.17) is 0 Å². The molecule has 0 aromatic carbocycles. The summed E-state index contributed by atoms with van der Waals surface area (Å²) < 4.78 is 24.5. The minimum atomic E-state index is -2.95. The molecule has 8 heteroatoms. The fourth-order valence-corrected chi connectivity index (χ4v) is 4.49. The number of carbonyl (C=O) groups excluding carboxylic acids is 1. The average molecular weight is 303 g/mol. The van der Waals surface area contributed by atoms with Crippen molar-refractivity contribution in [2.45, 2.75) is 31.1 Å². The number of sulfone groups is 1. The van der Waals surface area contributed by atoms with Crippen molar-refractivity contribution >= 4 is 27.5 Å². The lowest BCUT2D eigenvalue weighted by Crippen LogP contribution is -2.36. The fourth-order valence-electron chi connectivity index (χ4n) is 1.98. The van der Waals surface area contributed by atoms with Crippen molar-refractivity contribution in [3.05, 3.63) is 12.4 Å². The van der Waals surface area contributed by atoms with Crippen molar-refractivity contribution in [3.63, 3.8) is 0 Å². The van der Waals surface area contributed by atoms with Gasteiger partial charge in [-0.1, -0.05) is 11.8 Å². The number of aromatic nitrogens is 2. The van der Waals surface area contributed by atoms with Gasteiger partial charge >= 0.3 is 0 Å². The van der Waals surface area contributed by atoms with Crippen molar-refractivity contribution in [2.24, 2.45) is 0 Å². The van der Waals surface area contributed by atoms with Crippen molar-refractivity contribution in [1.82, 2.24) is 14.9 Å². The van der Waals surface area contributed by atoms with Gasteiger partial charge in [0.05, 0.1) is 17.3 Å². The molecule has 1 aromatic rings. The molecule has 1 aromatic heterocycles. The van der Waals surface area contributed by atoms with Crippen LogP contribution >= 0.6 is 11.8 Å². The summed E-state index contributed by atoms with van der Waals surface area (Å²) >= 11 is 1.36. The van der Waals surface area contributed by atoms with Crippen molar-refractivity contribution in [3.8, 4) is 0 Å². The molecule has 1 atom stereocenters. The number of hydrogen-bond donors (Lipinski definition) is 1. The Bertz CT molecular complexity index is 553. The fraction of sp³-hybridized carbons (Fsp3) is 0.636. The number of imidazole rings is 1. The molecule has 1 fully saturated rings. The van der Waals surface area contributed by atoms with E-state index < -0.39 is 9.84 Å². The number of amides is 1. The minimum Gasteiger partial charge on any atom is -0.352 e. The summed E-state index contributed by atoms with van der Waals surface area (Å²) in [5, 5.41) is 3.56. The zero-order valence-corrected chi connectivity index (χ0v) is 12.3. The van der Waals surface area contributed by atoms with Gasteiger partial charge in [-0.2, -0.15) is 0 Å². The molecule has 0 saturated carbocycles. The van der Waals surface area contributed by atoms with E-state index in [0.29, 0.717) is 6.42 Å². The van der Waals surface area contributed by atoms with Gasteiger partial charge in [0.25, 0.3) is 0 Å². The number of aryl methyl sites for hydroxylation is 1. The zero-order valence-electron chi connectivity index (χ0n) is 10.7. The van der Waals surface area contributed by atoms with Crippen LogP contribution in [0.4, 0.5) is 0 Å². The summed E-state index contributed by atoms with van der Waals surface area (Å²) in [5.41, 5.74) is 0. The summed E-state index contributed by atoms with van der Waals surface area (Å²) in [6.45, 7) is 2.82. The van der Waals surface area contributed by atoms with Gasteiger partial charge in [-0.05, 0) is 13.3 Å². The highest BCUT2D eigenvalue weighted by molar-refractivity contribution is 7.99. The van der Waals surface area contributed by atoms with Crippen LogP contribution in [-0.2, 0) is 21.2 Å². The maximum atomic E-state index is 11.7. The van der Waals surface area contributed by atoms with E-state index in [1.54, 1.807) is 6.20 Å². The van der Waals surface area contributed by atoms with E-state index in [1.807, 2.05) is 17.7 Å². The standard InChI is InChI=1S/C11H17N3O3S2/c1-2-14-5-4-12-11(14)18-7-10(15)13-9-3-6-19(16,17)8-9/h4-5,9H,2-3,6-8H2,1H3,(H,13,15). The molecule has 1 saturated heterocycles. The molecule has 1 aliphatic rings. The van der Waals surface area contributed by atoms with Crippen LogP contribution in [0.5, 0.6) is 0 Å². The second-order valence-electron chi connectivity index (χ2n) is 4.45. The van der Waals surface area contributed by atoms with Crippen LogP contribution in [-0.4, -0.2) is 47.2 Å². The highest BCUT2D eigenvalue weighted by Crippen LogP contribution is 2.16. The van der Waals surface area contributed by atoms with Gasteiger partial charge in [0.1, 0.15) is 0 Å². The van der Waals surface area contributed by atoms with E-state index in [1.165, 1.54) is 11.8 Å². The molecule has 1 aliphatic heterocycles. The molecule has 19 heavy (non-hydrogen) atoms. The van der Waals surface area contributed by atoms with Gasteiger partial charge in [-0.25, -0.2) is 13.4 Å². The second kappa shape index (κ2) is 5.96. The zero-order chi connectivity index (χ0) is 13.9. The maximum absolute atomic E-state index is 11.7. The first-order valence-electron chi connectivity index (χ1n) is 6.14. The van der Waals surface area contributed by atoms with Crippen LogP contribution < -0.4 is 5.32 Å². The van der Waals surface area contributed by atoms with Gasteiger partial charge < -0.3 is 9.88 Å². The molecular weight excluding hydrogens is 286 g/mol. The molecule has 1 N–H and O–H groups in total. The minimum absolute atomic E-state index is 0.0625. The molecular formula is C11H17N3O3S2. The molecule has 6 nitrogen and oxygen atoms in total. The van der Waals surface area contributed by atoms with Crippen LogP contribution in [0, 0.1) is 0 Å². The Morgan fingerprint density at radius 2 is 2.42 bits per heavy atom. The van der Waals surface area contributed by atoms with E-state index >= 15 is 0 Å². The van der Waals surface area contributed by atoms with Crippen molar-refractivity contribution < 1.29 is 13.2 Å². The Labute approximate surface area is 116 Å². The average Bonchev–Trinajstić information content (AvgIpc) is 2.92. The Balaban J connectivity index is 1.79. The van der Waals surface area contributed by atoms with E-state index in [9.17, 15) is 13.2 Å². The Morgan fingerprint density at radius 3 is 3.05 bits per heavy atom. The third kappa shape index (κ3) is 3.97. The predicted molar refractivity (Wildman–Crippen MR) is 73.8 cm³/mol. The smallest absolute Gasteiger partial charge is 0.230 e. The normalized spacial score (nSPS) is 21.4. The molecule has 0 aliphatic carbocycles. The third-order valence-corrected chi connectivity index (χ3v) is 5.72. The maximum Gasteiger partial charge on any atom is 0.230 e. The summed E-state index contributed by atoms with van der Waals surface area (Å²) in [6, 6.07) is -0.232. The summed E-state index contributed by atoms with van der Waals surface area (Å²) in [5.74, 6) is 0.351. The summed E-state index contributed by atoms with van der Waals surface area (Å²) in [7, 11) is -2.95. The van der Waals surface area contributed by atoms with Crippen LogP contribution in [0.25, 0.3) is 0 Å². The first kappa shape index (κ1) is 14.4. The monoisotopic (exact) mass is 303 g/mol. The van der Waals surface area contributed by atoms with Crippen LogP contribution in [0.1, 0.15) is 13.3 Å². The first-order valence-corrected chi connectivity index (χ1v) is 8.94. The largest absolute Gasteiger partial charge is 0.352 e. The summed E-state index contributed by atoms with van der Waals surface area (Å²) in [4.78, 5) is 15.9. The first-order chi connectivity index (χ1) is 9.00. The number of nitrogens with one attached hydrogen (secondary N) is 1. The Kier molecular flexibility index (Phi) is 4.51. The molecule has 0 bridgehead atoms. The number of rotatable bonds is 5. The highest BCUT2D eigenvalue weighted by Gasteiger charge is 2.28. The SMILES string of the molecule is CCn1ccnc1SCC(=O)NC1CCS(=O)(=O)C1. The number of nitrogens with zero attached hydrogens (tertiary/aromatic N) is 2. The van der Waals surface area contributed by atoms with Gasteiger partial charge in [-0.15, -0.1) is 0 Å². The van der Waals surface area contributed by atoms with Crippen molar-refractivity contribution in [1.29, 1.82) is 0 Å². The third-order valence-electron chi connectivity index (χ3n) is 2.95. The van der Waals surface area contributed by atoms with Gasteiger partial charge in [0, 0.05) is 25.0 Å². The lowest BCUT2D eigenvalue weighted by atomic mass is 10.3. The molecule has 0 spiro atoms. The molecule has 2 heterocycles. The predicted octanol–water partition coefficient (Wildman–Crippen LogP) is 0.298. The lowest BCUT2D eigenvalue weighted by Gasteiger charge is -2.10. The topological polar surface area (TPSA) is 81.1 Å².